The molecule has 3 nitrogen and oxygen atoms in total. The molecular formula is C17H14ClNO2. The number of fused-ring (bicyclic) bond motifs is 1. The van der Waals surface area contributed by atoms with E-state index in [4.69, 9.17) is 16.3 Å². The molecule has 0 radical (unpaired) electrons. The Bertz CT molecular complexity index is 789. The van der Waals surface area contributed by atoms with Gasteiger partial charge in [0.15, 0.2) is 0 Å². The first-order valence-corrected chi connectivity index (χ1v) is 6.93. The number of halogens is 1. The van der Waals surface area contributed by atoms with Crippen molar-refractivity contribution in [3.05, 3.63) is 70.9 Å². The summed E-state index contributed by atoms with van der Waals surface area (Å²) >= 11 is 6.02. The van der Waals surface area contributed by atoms with Crippen LogP contribution in [0.25, 0.3) is 10.9 Å². The molecule has 0 spiro atoms. The minimum Gasteiger partial charge on any atom is -0.496 e. The van der Waals surface area contributed by atoms with Crippen LogP contribution >= 0.6 is 11.6 Å². The Morgan fingerprint density at radius 1 is 1.14 bits per heavy atom. The van der Waals surface area contributed by atoms with Crippen molar-refractivity contribution in [1.82, 2.24) is 4.98 Å². The zero-order chi connectivity index (χ0) is 14.8. The highest BCUT2D eigenvalue weighted by molar-refractivity contribution is 6.30. The molecule has 106 valence electrons. The summed E-state index contributed by atoms with van der Waals surface area (Å²) in [6.45, 7) is 0. The molecule has 0 aliphatic carbocycles. The minimum atomic E-state index is -0.837. The van der Waals surface area contributed by atoms with E-state index < -0.39 is 6.10 Å². The fourth-order valence-electron chi connectivity index (χ4n) is 2.34. The van der Waals surface area contributed by atoms with Gasteiger partial charge in [-0.25, -0.2) is 0 Å². The zero-order valence-corrected chi connectivity index (χ0v) is 12.2. The molecule has 0 saturated heterocycles. The molecule has 0 bridgehead atoms. The lowest BCUT2D eigenvalue weighted by Gasteiger charge is -2.15. The van der Waals surface area contributed by atoms with Crippen LogP contribution in [0.2, 0.25) is 5.02 Å². The van der Waals surface area contributed by atoms with Gasteiger partial charge in [-0.1, -0.05) is 29.8 Å². The molecule has 3 rings (SSSR count). The standard InChI is InChI=1S/C17H14ClNO2/c1-21-16-7-6-13(18)9-14(16)17(20)12-8-11-4-2-3-5-15(11)19-10-12/h2-10,17,20H,1H3. The van der Waals surface area contributed by atoms with Crippen molar-refractivity contribution in [2.24, 2.45) is 0 Å². The van der Waals surface area contributed by atoms with Gasteiger partial charge in [-0.05, 0) is 30.3 Å². The Hall–Kier alpha value is -2.10. The number of pyridine rings is 1. The molecule has 0 aliphatic rings. The smallest absolute Gasteiger partial charge is 0.125 e. The second-order valence-electron chi connectivity index (χ2n) is 4.75. The van der Waals surface area contributed by atoms with E-state index in [9.17, 15) is 5.11 Å². The monoisotopic (exact) mass is 299 g/mol. The van der Waals surface area contributed by atoms with Gasteiger partial charge in [-0.3, -0.25) is 4.98 Å². The van der Waals surface area contributed by atoms with E-state index in [0.29, 0.717) is 21.9 Å². The van der Waals surface area contributed by atoms with Crippen molar-refractivity contribution >= 4 is 22.5 Å². The second kappa shape index (κ2) is 5.72. The summed E-state index contributed by atoms with van der Waals surface area (Å²) in [7, 11) is 1.57. The van der Waals surface area contributed by atoms with Gasteiger partial charge < -0.3 is 9.84 Å². The van der Waals surface area contributed by atoms with Crippen LogP contribution < -0.4 is 4.74 Å². The SMILES string of the molecule is COc1ccc(Cl)cc1C(O)c1cnc2ccccc2c1. The van der Waals surface area contributed by atoms with Crippen LogP contribution in [0.1, 0.15) is 17.2 Å². The summed E-state index contributed by atoms with van der Waals surface area (Å²) in [5, 5.41) is 12.1. The summed E-state index contributed by atoms with van der Waals surface area (Å²) < 4.78 is 5.29. The van der Waals surface area contributed by atoms with Crippen LogP contribution in [-0.4, -0.2) is 17.2 Å². The zero-order valence-electron chi connectivity index (χ0n) is 11.5. The highest BCUT2D eigenvalue weighted by Gasteiger charge is 2.16. The summed E-state index contributed by atoms with van der Waals surface area (Å²) in [6, 6.07) is 14.9. The molecule has 3 aromatic rings. The number of nitrogens with zero attached hydrogens (tertiary/aromatic N) is 1. The van der Waals surface area contributed by atoms with E-state index in [2.05, 4.69) is 4.98 Å². The van der Waals surface area contributed by atoms with Gasteiger partial charge >= 0.3 is 0 Å². The maximum Gasteiger partial charge on any atom is 0.125 e. The number of para-hydroxylation sites is 1. The average molecular weight is 300 g/mol. The van der Waals surface area contributed by atoms with Crippen LogP contribution in [0.5, 0.6) is 5.75 Å². The van der Waals surface area contributed by atoms with E-state index in [1.165, 1.54) is 0 Å². The predicted molar refractivity (Wildman–Crippen MR) is 83.8 cm³/mol. The van der Waals surface area contributed by atoms with Gasteiger partial charge in [0.25, 0.3) is 0 Å². The Labute approximate surface area is 127 Å². The number of hydrogen-bond donors (Lipinski definition) is 1. The minimum absolute atomic E-state index is 0.554. The Morgan fingerprint density at radius 2 is 1.95 bits per heavy atom. The molecule has 1 heterocycles. The number of rotatable bonds is 3. The van der Waals surface area contributed by atoms with Gasteiger partial charge in [0.2, 0.25) is 0 Å². The van der Waals surface area contributed by atoms with E-state index in [1.54, 1.807) is 31.5 Å². The van der Waals surface area contributed by atoms with E-state index >= 15 is 0 Å². The Morgan fingerprint density at radius 3 is 2.76 bits per heavy atom. The van der Waals surface area contributed by atoms with Crippen LogP contribution in [-0.2, 0) is 0 Å². The van der Waals surface area contributed by atoms with Crippen LogP contribution in [0.3, 0.4) is 0 Å². The largest absolute Gasteiger partial charge is 0.496 e. The first kappa shape index (κ1) is 13.9. The van der Waals surface area contributed by atoms with Gasteiger partial charge in [0, 0.05) is 27.7 Å². The third-order valence-electron chi connectivity index (χ3n) is 3.41. The van der Waals surface area contributed by atoms with Crippen LogP contribution in [0.4, 0.5) is 0 Å². The summed E-state index contributed by atoms with van der Waals surface area (Å²) in [5.41, 5.74) is 2.22. The number of methoxy groups -OCH3 is 1. The lowest BCUT2D eigenvalue weighted by atomic mass is 10.0. The van der Waals surface area contributed by atoms with E-state index in [1.807, 2.05) is 30.3 Å². The molecule has 1 aromatic heterocycles. The summed E-state index contributed by atoms with van der Waals surface area (Å²) in [5.74, 6) is 0.597. The van der Waals surface area contributed by atoms with Crippen LogP contribution in [0, 0.1) is 0 Å². The average Bonchev–Trinajstić information content (AvgIpc) is 2.53. The van der Waals surface area contributed by atoms with Crippen molar-refractivity contribution in [3.8, 4) is 5.75 Å². The van der Waals surface area contributed by atoms with Crippen molar-refractivity contribution < 1.29 is 9.84 Å². The maximum absolute atomic E-state index is 10.6. The van der Waals surface area contributed by atoms with Gasteiger partial charge in [-0.2, -0.15) is 0 Å². The van der Waals surface area contributed by atoms with Gasteiger partial charge in [0.1, 0.15) is 11.9 Å². The van der Waals surface area contributed by atoms with Crippen molar-refractivity contribution in [1.29, 1.82) is 0 Å². The Kier molecular flexibility index (Phi) is 3.78. The number of aromatic nitrogens is 1. The normalized spacial score (nSPS) is 12.3. The Balaban J connectivity index is 2.07. The van der Waals surface area contributed by atoms with Gasteiger partial charge in [0.05, 0.1) is 12.6 Å². The first-order chi connectivity index (χ1) is 10.2. The number of hydrogen-bond acceptors (Lipinski definition) is 3. The molecule has 1 unspecified atom stereocenters. The first-order valence-electron chi connectivity index (χ1n) is 6.55. The molecule has 0 amide bonds. The number of aliphatic hydroxyl groups is 1. The second-order valence-corrected chi connectivity index (χ2v) is 5.19. The highest BCUT2D eigenvalue weighted by Crippen LogP contribution is 2.32. The molecule has 0 saturated carbocycles. The third kappa shape index (κ3) is 2.71. The number of benzene rings is 2. The highest BCUT2D eigenvalue weighted by atomic mass is 35.5. The summed E-state index contributed by atoms with van der Waals surface area (Å²) in [6.07, 6.45) is 0.837. The molecule has 4 heteroatoms. The van der Waals surface area contributed by atoms with Gasteiger partial charge in [-0.15, -0.1) is 0 Å². The number of ether oxygens (including phenoxy) is 1. The molecule has 0 aliphatic heterocycles. The fourth-order valence-corrected chi connectivity index (χ4v) is 2.52. The van der Waals surface area contributed by atoms with Crippen molar-refractivity contribution in [2.75, 3.05) is 7.11 Å². The molecule has 2 aromatic carbocycles. The van der Waals surface area contributed by atoms with Crippen LogP contribution in [0.15, 0.2) is 54.7 Å². The van der Waals surface area contributed by atoms with Crippen molar-refractivity contribution in [3.63, 3.8) is 0 Å². The lowest BCUT2D eigenvalue weighted by molar-refractivity contribution is 0.214. The lowest BCUT2D eigenvalue weighted by Crippen LogP contribution is -2.03. The van der Waals surface area contributed by atoms with E-state index in [-0.39, 0.29) is 0 Å². The fraction of sp³-hybridized carbons (Fsp3) is 0.118. The maximum atomic E-state index is 10.6. The molecular weight excluding hydrogens is 286 g/mol. The topological polar surface area (TPSA) is 42.4 Å². The predicted octanol–water partition coefficient (Wildman–Crippen LogP) is 3.98. The van der Waals surface area contributed by atoms with Crippen molar-refractivity contribution in [2.45, 2.75) is 6.10 Å². The number of aliphatic hydroxyl groups excluding tert-OH is 1. The quantitative estimate of drug-likeness (QED) is 0.795. The molecule has 0 fully saturated rings. The molecule has 21 heavy (non-hydrogen) atoms. The third-order valence-corrected chi connectivity index (χ3v) is 3.65. The molecule has 1 atom stereocenters. The molecule has 1 N–H and O–H groups in total. The summed E-state index contributed by atoms with van der Waals surface area (Å²) in [4.78, 5) is 4.37. The van der Waals surface area contributed by atoms with E-state index in [0.717, 1.165) is 10.9 Å².